The number of nitrogens with one attached hydrogen (secondary N) is 1. The van der Waals surface area contributed by atoms with Crippen molar-refractivity contribution in [1.29, 1.82) is 0 Å². The lowest BCUT2D eigenvalue weighted by atomic mass is 10.2. The molecule has 23 heavy (non-hydrogen) atoms. The summed E-state index contributed by atoms with van der Waals surface area (Å²) in [6.45, 7) is 5.57. The number of hydrogen-bond donors (Lipinski definition) is 1. The molecule has 0 fully saturated rings. The van der Waals surface area contributed by atoms with Crippen molar-refractivity contribution in [3.63, 3.8) is 0 Å². The summed E-state index contributed by atoms with van der Waals surface area (Å²) < 4.78 is 15.1. The predicted molar refractivity (Wildman–Crippen MR) is 87.2 cm³/mol. The first-order chi connectivity index (χ1) is 10.8. The molecule has 0 aromatic heterocycles. The topological polar surface area (TPSA) is 73.9 Å². The van der Waals surface area contributed by atoms with Crippen molar-refractivity contribution in [2.75, 3.05) is 20.3 Å². The Kier molecular flexibility index (Phi) is 7.12. The Bertz CT molecular complexity index is 560. The molecule has 126 valence electrons. The Morgan fingerprint density at radius 1 is 1.22 bits per heavy atom. The molecule has 1 aromatic rings. The smallest absolute Gasteiger partial charge is 0.407 e. The standard InChI is InChI=1S/C17H23NO5/c1-17(2,3)23-16(20)18-11-7-9-13-8-5-6-10-14(13)22-12-15(19)21-4/h5-10H,11-12H2,1-4H3,(H,18,20). The average molecular weight is 321 g/mol. The van der Waals surface area contributed by atoms with Crippen LogP contribution in [-0.4, -0.2) is 37.9 Å². The van der Waals surface area contributed by atoms with E-state index in [4.69, 9.17) is 9.47 Å². The third-order valence-electron chi connectivity index (χ3n) is 2.55. The number of esters is 1. The minimum absolute atomic E-state index is 0.155. The van der Waals surface area contributed by atoms with Crippen LogP contribution < -0.4 is 10.1 Å². The van der Waals surface area contributed by atoms with Gasteiger partial charge in [0.05, 0.1) is 7.11 Å². The highest BCUT2D eigenvalue weighted by Crippen LogP contribution is 2.19. The second kappa shape index (κ2) is 8.82. The SMILES string of the molecule is COC(=O)COc1ccccc1C=CCNC(=O)OC(C)(C)C. The minimum Gasteiger partial charge on any atom is -0.481 e. The van der Waals surface area contributed by atoms with Gasteiger partial charge in [-0.15, -0.1) is 0 Å². The van der Waals surface area contributed by atoms with Crippen molar-refractivity contribution < 1.29 is 23.8 Å². The lowest BCUT2D eigenvalue weighted by Gasteiger charge is -2.19. The Balaban J connectivity index is 2.53. The van der Waals surface area contributed by atoms with Crippen LogP contribution in [0.4, 0.5) is 4.79 Å². The van der Waals surface area contributed by atoms with Crippen LogP contribution in [0.2, 0.25) is 0 Å². The molecule has 0 aliphatic heterocycles. The number of ether oxygens (including phenoxy) is 3. The molecular formula is C17H23NO5. The van der Waals surface area contributed by atoms with Crippen molar-refractivity contribution in [2.24, 2.45) is 0 Å². The third-order valence-corrected chi connectivity index (χ3v) is 2.55. The van der Waals surface area contributed by atoms with Gasteiger partial charge in [0, 0.05) is 12.1 Å². The predicted octanol–water partition coefficient (Wildman–Crippen LogP) is 2.78. The summed E-state index contributed by atoms with van der Waals surface area (Å²) >= 11 is 0. The first-order valence-electron chi connectivity index (χ1n) is 7.24. The fourth-order valence-electron chi connectivity index (χ4n) is 1.59. The molecule has 0 spiro atoms. The molecule has 0 aliphatic rings. The third kappa shape index (κ3) is 7.90. The highest BCUT2D eigenvalue weighted by Gasteiger charge is 2.15. The van der Waals surface area contributed by atoms with E-state index in [2.05, 4.69) is 10.1 Å². The van der Waals surface area contributed by atoms with Gasteiger partial charge in [0.2, 0.25) is 0 Å². The number of para-hydroxylation sites is 1. The van der Waals surface area contributed by atoms with Crippen LogP contribution in [0.15, 0.2) is 30.3 Å². The van der Waals surface area contributed by atoms with E-state index in [9.17, 15) is 9.59 Å². The largest absolute Gasteiger partial charge is 0.481 e. The van der Waals surface area contributed by atoms with Crippen molar-refractivity contribution in [3.8, 4) is 5.75 Å². The van der Waals surface area contributed by atoms with Crippen molar-refractivity contribution in [2.45, 2.75) is 26.4 Å². The molecular weight excluding hydrogens is 298 g/mol. The highest BCUT2D eigenvalue weighted by atomic mass is 16.6. The van der Waals surface area contributed by atoms with Crippen molar-refractivity contribution in [1.82, 2.24) is 5.32 Å². The molecule has 0 radical (unpaired) electrons. The van der Waals surface area contributed by atoms with Gasteiger partial charge < -0.3 is 19.5 Å². The van der Waals surface area contributed by atoms with Crippen LogP contribution in [-0.2, 0) is 14.3 Å². The van der Waals surface area contributed by atoms with E-state index in [0.29, 0.717) is 12.3 Å². The molecule has 0 atom stereocenters. The zero-order valence-corrected chi connectivity index (χ0v) is 13.9. The summed E-state index contributed by atoms with van der Waals surface area (Å²) in [7, 11) is 1.31. The van der Waals surface area contributed by atoms with E-state index in [1.165, 1.54) is 7.11 Å². The molecule has 6 heteroatoms. The second-order valence-corrected chi connectivity index (χ2v) is 5.69. The Morgan fingerprint density at radius 3 is 2.57 bits per heavy atom. The molecule has 0 bridgehead atoms. The molecule has 1 amide bonds. The Hall–Kier alpha value is -2.50. The normalized spacial score (nSPS) is 11.1. The maximum absolute atomic E-state index is 11.5. The zero-order valence-electron chi connectivity index (χ0n) is 13.9. The highest BCUT2D eigenvalue weighted by molar-refractivity contribution is 5.71. The van der Waals surface area contributed by atoms with Gasteiger partial charge in [0.25, 0.3) is 0 Å². The number of hydrogen-bond acceptors (Lipinski definition) is 5. The maximum Gasteiger partial charge on any atom is 0.407 e. The Labute approximate surface area is 136 Å². The monoisotopic (exact) mass is 321 g/mol. The van der Waals surface area contributed by atoms with Gasteiger partial charge in [-0.3, -0.25) is 0 Å². The van der Waals surface area contributed by atoms with Gasteiger partial charge in [0.15, 0.2) is 6.61 Å². The summed E-state index contributed by atoms with van der Waals surface area (Å²) in [5.41, 5.74) is 0.268. The second-order valence-electron chi connectivity index (χ2n) is 5.69. The van der Waals surface area contributed by atoms with Gasteiger partial charge in [-0.1, -0.05) is 30.4 Å². The molecule has 6 nitrogen and oxygen atoms in total. The van der Waals surface area contributed by atoms with Crippen LogP contribution in [0, 0.1) is 0 Å². The summed E-state index contributed by atoms with van der Waals surface area (Å²) in [5.74, 6) is 0.113. The van der Waals surface area contributed by atoms with Gasteiger partial charge in [0.1, 0.15) is 11.4 Å². The van der Waals surface area contributed by atoms with Gasteiger partial charge in [-0.05, 0) is 26.8 Å². The van der Waals surface area contributed by atoms with Crippen molar-refractivity contribution >= 4 is 18.1 Å². The molecule has 0 heterocycles. The van der Waals surface area contributed by atoms with E-state index in [0.717, 1.165) is 5.56 Å². The Morgan fingerprint density at radius 2 is 1.91 bits per heavy atom. The van der Waals surface area contributed by atoms with E-state index >= 15 is 0 Å². The molecule has 0 saturated carbocycles. The number of benzene rings is 1. The first-order valence-corrected chi connectivity index (χ1v) is 7.24. The van der Waals surface area contributed by atoms with Gasteiger partial charge in [-0.2, -0.15) is 0 Å². The lowest BCUT2D eigenvalue weighted by Crippen LogP contribution is -2.32. The fourth-order valence-corrected chi connectivity index (χ4v) is 1.59. The van der Waals surface area contributed by atoms with E-state index in [1.807, 2.05) is 18.2 Å². The maximum atomic E-state index is 11.5. The number of methoxy groups -OCH3 is 1. The van der Waals surface area contributed by atoms with Crippen LogP contribution in [0.5, 0.6) is 5.75 Å². The fraction of sp³-hybridized carbons (Fsp3) is 0.412. The van der Waals surface area contributed by atoms with E-state index in [1.54, 1.807) is 39.0 Å². The lowest BCUT2D eigenvalue weighted by molar-refractivity contribution is -0.142. The quantitative estimate of drug-likeness (QED) is 0.816. The van der Waals surface area contributed by atoms with Gasteiger partial charge >= 0.3 is 12.1 Å². The number of alkyl carbamates (subject to hydrolysis) is 1. The van der Waals surface area contributed by atoms with E-state index in [-0.39, 0.29) is 6.61 Å². The van der Waals surface area contributed by atoms with E-state index < -0.39 is 17.7 Å². The summed E-state index contributed by atoms with van der Waals surface area (Å²) in [5, 5.41) is 2.63. The molecule has 1 aromatic carbocycles. The molecule has 1 N–H and O–H groups in total. The minimum atomic E-state index is -0.526. The zero-order chi connectivity index (χ0) is 17.3. The molecule has 1 rings (SSSR count). The van der Waals surface area contributed by atoms with Crippen LogP contribution in [0.3, 0.4) is 0 Å². The number of carbonyl (C=O) groups is 2. The number of rotatable bonds is 6. The number of amides is 1. The number of carbonyl (C=O) groups excluding carboxylic acids is 2. The van der Waals surface area contributed by atoms with Crippen LogP contribution in [0.1, 0.15) is 26.3 Å². The molecule has 0 unspecified atom stereocenters. The summed E-state index contributed by atoms with van der Waals surface area (Å²) in [6.07, 6.45) is 3.09. The van der Waals surface area contributed by atoms with Gasteiger partial charge in [-0.25, -0.2) is 9.59 Å². The molecule has 0 saturated heterocycles. The molecule has 0 aliphatic carbocycles. The first kappa shape index (κ1) is 18.5. The summed E-state index contributed by atoms with van der Waals surface area (Å²) in [6, 6.07) is 7.26. The average Bonchev–Trinajstić information content (AvgIpc) is 2.48. The van der Waals surface area contributed by atoms with Crippen LogP contribution >= 0.6 is 0 Å². The van der Waals surface area contributed by atoms with Crippen LogP contribution in [0.25, 0.3) is 6.08 Å². The summed E-state index contributed by atoms with van der Waals surface area (Å²) in [4.78, 5) is 22.6. The van der Waals surface area contributed by atoms with Crippen molar-refractivity contribution in [3.05, 3.63) is 35.9 Å².